The van der Waals surface area contributed by atoms with Crippen molar-refractivity contribution in [2.45, 2.75) is 45.2 Å². The fourth-order valence-electron chi connectivity index (χ4n) is 4.08. The maximum Gasteiger partial charge on any atom is 0.311 e. The van der Waals surface area contributed by atoms with Gasteiger partial charge in [0.15, 0.2) is 11.4 Å². The highest BCUT2D eigenvalue weighted by Gasteiger charge is 2.29. The van der Waals surface area contributed by atoms with Gasteiger partial charge in [0.1, 0.15) is 29.3 Å². The van der Waals surface area contributed by atoms with Crippen molar-refractivity contribution in [1.82, 2.24) is 15.6 Å². The Morgan fingerprint density at radius 3 is 1.88 bits per heavy atom. The third-order valence-corrected chi connectivity index (χ3v) is 5.91. The molecule has 0 aliphatic rings. The lowest BCUT2D eigenvalue weighted by atomic mass is 9.85. The lowest BCUT2D eigenvalue weighted by Gasteiger charge is -2.27. The molecule has 3 aromatic rings. The second-order valence-electron chi connectivity index (χ2n) is 8.89. The Morgan fingerprint density at radius 1 is 0.875 bits per heavy atom. The quantitative estimate of drug-likeness (QED) is 0.281. The molecular weight excluding hydrogens is 534 g/mol. The molecule has 3 rings (SSSR count). The molecule has 0 bridgehead atoms. The summed E-state index contributed by atoms with van der Waals surface area (Å²) in [5, 5.41) is 5.05. The number of amides is 2. The molecule has 2 aromatic carbocycles. The van der Waals surface area contributed by atoms with Gasteiger partial charge >= 0.3 is 5.97 Å². The number of methoxy groups -OCH3 is 1. The minimum atomic E-state index is -1.19. The smallest absolute Gasteiger partial charge is 0.311 e. The van der Waals surface area contributed by atoms with Gasteiger partial charge in [-0.15, -0.1) is 0 Å². The molecule has 0 unspecified atom stereocenters. The molecule has 12 heteroatoms. The predicted octanol–water partition coefficient (Wildman–Crippen LogP) is 4.42. The van der Waals surface area contributed by atoms with Crippen molar-refractivity contribution in [2.24, 2.45) is 0 Å². The maximum absolute atomic E-state index is 14.0. The van der Waals surface area contributed by atoms with Crippen molar-refractivity contribution in [3.63, 3.8) is 0 Å². The zero-order chi connectivity index (χ0) is 29.6. The highest BCUT2D eigenvalue weighted by molar-refractivity contribution is 5.99. The van der Waals surface area contributed by atoms with Gasteiger partial charge in [0.05, 0.1) is 7.11 Å². The Labute approximate surface area is 227 Å². The summed E-state index contributed by atoms with van der Waals surface area (Å²) in [7, 11) is 1.31. The summed E-state index contributed by atoms with van der Waals surface area (Å²) in [5.74, 6) is -7.11. The number of carbonyl (C=O) groups is 3. The van der Waals surface area contributed by atoms with E-state index in [1.165, 1.54) is 33.2 Å². The number of nitrogens with zero attached hydrogens (tertiary/aromatic N) is 1. The minimum absolute atomic E-state index is 0.0153. The number of hydrogen-bond donors (Lipinski definition) is 2. The van der Waals surface area contributed by atoms with Gasteiger partial charge in [-0.3, -0.25) is 14.4 Å². The summed E-state index contributed by atoms with van der Waals surface area (Å²) < 4.78 is 66.5. The number of halogens is 4. The van der Waals surface area contributed by atoms with Gasteiger partial charge in [0.25, 0.3) is 5.91 Å². The molecule has 0 aliphatic heterocycles. The van der Waals surface area contributed by atoms with Crippen LogP contribution in [0.4, 0.5) is 17.6 Å². The molecule has 212 valence electrons. The first-order valence-corrected chi connectivity index (χ1v) is 12.2. The Morgan fingerprint density at radius 2 is 1.40 bits per heavy atom. The van der Waals surface area contributed by atoms with Crippen LogP contribution in [0, 0.1) is 23.3 Å². The zero-order valence-electron chi connectivity index (χ0n) is 22.1. The zero-order valence-corrected chi connectivity index (χ0v) is 22.1. The summed E-state index contributed by atoms with van der Waals surface area (Å²) in [6, 6.07) is 4.53. The third-order valence-electron chi connectivity index (χ3n) is 5.91. The molecule has 1 heterocycles. The summed E-state index contributed by atoms with van der Waals surface area (Å²) in [5.41, 5.74) is -0.262. The first kappa shape index (κ1) is 30.1. The molecule has 40 heavy (non-hydrogen) atoms. The van der Waals surface area contributed by atoms with Crippen molar-refractivity contribution < 1.29 is 41.4 Å². The summed E-state index contributed by atoms with van der Waals surface area (Å²) in [4.78, 5) is 41.8. The molecule has 0 spiro atoms. The van der Waals surface area contributed by atoms with Crippen molar-refractivity contribution >= 4 is 17.8 Å². The van der Waals surface area contributed by atoms with Crippen molar-refractivity contribution in [3.05, 3.63) is 88.8 Å². The van der Waals surface area contributed by atoms with Crippen LogP contribution in [0.15, 0.2) is 48.7 Å². The number of ether oxygens (including phenoxy) is 2. The molecular formula is C28H27F4N3O5. The topological polar surface area (TPSA) is 107 Å². The first-order valence-electron chi connectivity index (χ1n) is 12.2. The van der Waals surface area contributed by atoms with E-state index >= 15 is 0 Å². The number of hydrogen-bond acceptors (Lipinski definition) is 6. The van der Waals surface area contributed by atoms with Crippen LogP contribution >= 0.6 is 0 Å². The van der Waals surface area contributed by atoms with Crippen LogP contribution in [-0.4, -0.2) is 42.0 Å². The largest absolute Gasteiger partial charge is 0.493 e. The highest BCUT2D eigenvalue weighted by Crippen LogP contribution is 2.31. The van der Waals surface area contributed by atoms with Crippen LogP contribution in [0.2, 0.25) is 0 Å². The van der Waals surface area contributed by atoms with Gasteiger partial charge < -0.3 is 20.1 Å². The maximum atomic E-state index is 14.0. The lowest BCUT2D eigenvalue weighted by Crippen LogP contribution is -2.49. The van der Waals surface area contributed by atoms with Crippen LogP contribution in [0.5, 0.6) is 11.5 Å². The number of nitrogens with one attached hydrogen (secondary N) is 2. The van der Waals surface area contributed by atoms with E-state index in [0.717, 1.165) is 24.3 Å². The molecule has 2 amide bonds. The van der Waals surface area contributed by atoms with Crippen LogP contribution in [0.3, 0.4) is 0 Å². The fourth-order valence-corrected chi connectivity index (χ4v) is 4.08. The van der Waals surface area contributed by atoms with Crippen molar-refractivity contribution in [3.8, 4) is 11.5 Å². The van der Waals surface area contributed by atoms with E-state index < -0.39 is 59.1 Å². The molecule has 2 N–H and O–H groups in total. The average molecular weight is 562 g/mol. The molecule has 0 radical (unpaired) electrons. The highest BCUT2D eigenvalue weighted by atomic mass is 19.1. The Balaban J connectivity index is 1.85. The summed E-state index contributed by atoms with van der Waals surface area (Å²) in [6.07, 6.45) is 1.27. The average Bonchev–Trinajstić information content (AvgIpc) is 2.87. The van der Waals surface area contributed by atoms with Gasteiger partial charge in [-0.2, -0.15) is 0 Å². The van der Waals surface area contributed by atoms with E-state index in [-0.39, 0.29) is 34.7 Å². The van der Waals surface area contributed by atoms with Gasteiger partial charge in [-0.1, -0.05) is 6.92 Å². The fraction of sp³-hybridized carbons (Fsp3) is 0.286. The van der Waals surface area contributed by atoms with E-state index in [2.05, 4.69) is 15.6 Å². The van der Waals surface area contributed by atoms with E-state index in [0.29, 0.717) is 12.1 Å². The first-order chi connectivity index (χ1) is 18.9. The van der Waals surface area contributed by atoms with E-state index in [1.54, 1.807) is 6.92 Å². The monoisotopic (exact) mass is 561 g/mol. The molecule has 0 aliphatic carbocycles. The second kappa shape index (κ2) is 13.0. The molecule has 8 nitrogen and oxygen atoms in total. The summed E-state index contributed by atoms with van der Waals surface area (Å²) in [6.45, 7) is 4.40. The molecule has 0 saturated heterocycles. The standard InChI is InChI=1S/C28H27F4N3O5/c1-5-23(36)40-26-22(39-4)6-7-33-25(26)28(38)35-15(3)27(37)34-14(2)24(16-8-18(29)12-19(30)9-16)17-10-20(31)13-21(32)11-17/h6-15,24H,5H2,1-4H3,(H,34,37)(H,35,38)/t14-,15-/m0/s1. The lowest BCUT2D eigenvalue weighted by molar-refractivity contribution is -0.134. The van der Waals surface area contributed by atoms with Crippen LogP contribution in [0.1, 0.15) is 54.7 Å². The molecule has 0 fully saturated rings. The minimum Gasteiger partial charge on any atom is -0.493 e. The van der Waals surface area contributed by atoms with Crippen LogP contribution < -0.4 is 20.1 Å². The predicted molar refractivity (Wildman–Crippen MR) is 136 cm³/mol. The van der Waals surface area contributed by atoms with E-state index in [4.69, 9.17) is 9.47 Å². The number of rotatable bonds is 10. The van der Waals surface area contributed by atoms with E-state index in [1.807, 2.05) is 0 Å². The van der Waals surface area contributed by atoms with E-state index in [9.17, 15) is 31.9 Å². The van der Waals surface area contributed by atoms with Gasteiger partial charge in [-0.25, -0.2) is 22.5 Å². The Bertz CT molecular complexity index is 1330. The van der Waals surface area contributed by atoms with Crippen LogP contribution in [0.25, 0.3) is 0 Å². The van der Waals surface area contributed by atoms with Gasteiger partial charge in [0.2, 0.25) is 11.7 Å². The molecule has 2 atom stereocenters. The normalized spacial score (nSPS) is 12.4. The molecule has 1 aromatic heterocycles. The number of carbonyl (C=O) groups excluding carboxylic acids is 3. The van der Waals surface area contributed by atoms with Gasteiger partial charge in [-0.05, 0) is 49.2 Å². The third kappa shape index (κ3) is 7.33. The second-order valence-corrected chi connectivity index (χ2v) is 8.89. The summed E-state index contributed by atoms with van der Waals surface area (Å²) >= 11 is 0. The molecule has 0 saturated carbocycles. The van der Waals surface area contributed by atoms with Crippen molar-refractivity contribution in [2.75, 3.05) is 7.11 Å². The van der Waals surface area contributed by atoms with Crippen molar-refractivity contribution in [1.29, 1.82) is 0 Å². The van der Waals surface area contributed by atoms with Gasteiger partial charge in [0, 0.05) is 42.8 Å². The number of aromatic nitrogens is 1. The number of esters is 1. The number of pyridine rings is 1. The Kier molecular flexibility index (Phi) is 9.81. The SMILES string of the molecule is CCC(=O)Oc1c(OC)ccnc1C(=O)N[C@@H](C)C(=O)N[C@@H](C)C(c1cc(F)cc(F)c1)c1cc(F)cc(F)c1. The Hall–Kier alpha value is -4.48. The van der Waals surface area contributed by atoms with Crippen LogP contribution in [-0.2, 0) is 9.59 Å². The number of benzene rings is 2.